The second-order valence-electron chi connectivity index (χ2n) is 4.09. The molecule has 0 aliphatic rings. The van der Waals surface area contributed by atoms with Crippen LogP contribution in [-0.2, 0) is 11.3 Å². The van der Waals surface area contributed by atoms with Gasteiger partial charge in [-0.25, -0.2) is 0 Å². The molecule has 0 saturated heterocycles. The fourth-order valence-electron chi connectivity index (χ4n) is 1.40. The van der Waals surface area contributed by atoms with Crippen LogP contribution in [0.3, 0.4) is 0 Å². The van der Waals surface area contributed by atoms with Gasteiger partial charge >= 0.3 is 0 Å². The van der Waals surface area contributed by atoms with Crippen molar-refractivity contribution >= 4 is 27.5 Å². The van der Waals surface area contributed by atoms with Crippen LogP contribution in [0, 0.1) is 0 Å². The minimum absolute atomic E-state index is 0.0783. The summed E-state index contributed by atoms with van der Waals surface area (Å²) in [6, 6.07) is 1.65. The molecule has 0 saturated carbocycles. The molecule has 1 amide bonds. The average molecular weight is 302 g/mol. The van der Waals surface area contributed by atoms with Crippen molar-refractivity contribution in [2.75, 3.05) is 5.73 Å². The number of aryl methyl sites for hydroxylation is 1. The van der Waals surface area contributed by atoms with Crippen LogP contribution in [0.5, 0.6) is 0 Å². The summed E-state index contributed by atoms with van der Waals surface area (Å²) in [4.78, 5) is 23.1. The summed E-state index contributed by atoms with van der Waals surface area (Å²) in [5, 5.41) is 2.76. The van der Waals surface area contributed by atoms with Gasteiger partial charge in [0.05, 0.1) is 4.47 Å². The topological polar surface area (TPSA) is 77.1 Å². The number of anilines is 1. The van der Waals surface area contributed by atoms with Crippen molar-refractivity contribution in [2.24, 2.45) is 0 Å². The summed E-state index contributed by atoms with van der Waals surface area (Å²) >= 11 is 3.13. The third kappa shape index (κ3) is 4.22. The fraction of sp³-hybridized carbons (Fsp3) is 0.455. The van der Waals surface area contributed by atoms with Crippen LogP contribution in [0.2, 0.25) is 0 Å². The van der Waals surface area contributed by atoms with Gasteiger partial charge in [-0.05, 0) is 35.8 Å². The number of aromatic nitrogens is 1. The molecule has 3 N–H and O–H groups in total. The minimum Gasteiger partial charge on any atom is -0.398 e. The first-order chi connectivity index (χ1) is 7.90. The molecule has 1 aromatic rings. The molecule has 0 bridgehead atoms. The highest BCUT2D eigenvalue weighted by atomic mass is 79.9. The van der Waals surface area contributed by atoms with Crippen molar-refractivity contribution in [3.05, 3.63) is 27.1 Å². The maximum atomic E-state index is 11.7. The van der Waals surface area contributed by atoms with Gasteiger partial charge in [0.2, 0.25) is 5.91 Å². The summed E-state index contributed by atoms with van der Waals surface area (Å²) in [5.41, 5.74) is 5.93. The molecule has 17 heavy (non-hydrogen) atoms. The fourth-order valence-corrected chi connectivity index (χ4v) is 1.90. The van der Waals surface area contributed by atoms with Gasteiger partial charge < -0.3 is 15.6 Å². The van der Waals surface area contributed by atoms with Crippen molar-refractivity contribution in [3.8, 4) is 0 Å². The highest BCUT2D eigenvalue weighted by Crippen LogP contribution is 2.08. The van der Waals surface area contributed by atoms with Crippen molar-refractivity contribution in [2.45, 2.75) is 32.9 Å². The molecule has 0 spiro atoms. The molecule has 6 heteroatoms. The van der Waals surface area contributed by atoms with Crippen LogP contribution < -0.4 is 16.6 Å². The van der Waals surface area contributed by atoms with Crippen LogP contribution in [0.15, 0.2) is 21.5 Å². The molecule has 0 unspecified atom stereocenters. The molecule has 1 aromatic heterocycles. The van der Waals surface area contributed by atoms with E-state index in [1.807, 2.05) is 13.8 Å². The maximum Gasteiger partial charge on any atom is 0.264 e. The first-order valence-corrected chi connectivity index (χ1v) is 6.14. The van der Waals surface area contributed by atoms with E-state index in [1.54, 1.807) is 6.07 Å². The number of carbonyl (C=O) groups is 1. The van der Waals surface area contributed by atoms with Gasteiger partial charge in [0.1, 0.15) is 0 Å². The van der Waals surface area contributed by atoms with Gasteiger partial charge in [0.25, 0.3) is 5.56 Å². The highest BCUT2D eigenvalue weighted by Gasteiger charge is 2.06. The van der Waals surface area contributed by atoms with Crippen molar-refractivity contribution in [1.82, 2.24) is 9.88 Å². The number of nitrogens with two attached hydrogens (primary N) is 1. The van der Waals surface area contributed by atoms with E-state index in [2.05, 4.69) is 21.2 Å². The van der Waals surface area contributed by atoms with Crippen molar-refractivity contribution in [3.63, 3.8) is 0 Å². The number of carbonyl (C=O) groups excluding carboxylic acids is 1. The van der Waals surface area contributed by atoms with Gasteiger partial charge in [-0.3, -0.25) is 9.59 Å². The van der Waals surface area contributed by atoms with Gasteiger partial charge in [-0.1, -0.05) is 0 Å². The number of hydrogen-bond donors (Lipinski definition) is 2. The molecule has 94 valence electrons. The SMILES string of the molecule is CC(C)NC(=O)CCn1cc(N)cc(Br)c1=O. The molecule has 0 aliphatic heterocycles. The summed E-state index contributed by atoms with van der Waals surface area (Å²) in [6.07, 6.45) is 1.80. The van der Waals surface area contributed by atoms with E-state index in [-0.39, 0.29) is 23.9 Å². The maximum absolute atomic E-state index is 11.7. The Hall–Kier alpha value is -1.30. The Morgan fingerprint density at radius 2 is 2.24 bits per heavy atom. The minimum atomic E-state index is -0.184. The molecule has 5 nitrogen and oxygen atoms in total. The van der Waals surface area contributed by atoms with E-state index in [9.17, 15) is 9.59 Å². The van der Waals surface area contributed by atoms with E-state index < -0.39 is 0 Å². The van der Waals surface area contributed by atoms with Crippen molar-refractivity contribution in [1.29, 1.82) is 0 Å². The average Bonchev–Trinajstić information content (AvgIpc) is 2.20. The monoisotopic (exact) mass is 301 g/mol. The molecule has 0 fully saturated rings. The van der Waals surface area contributed by atoms with E-state index >= 15 is 0 Å². The largest absolute Gasteiger partial charge is 0.398 e. The smallest absolute Gasteiger partial charge is 0.264 e. The third-order valence-corrected chi connectivity index (χ3v) is 2.66. The Kier molecular flexibility index (Phi) is 4.74. The number of nitrogens with zero attached hydrogens (tertiary/aromatic N) is 1. The van der Waals surface area contributed by atoms with Gasteiger partial charge in [0, 0.05) is 30.9 Å². The van der Waals surface area contributed by atoms with E-state index in [0.29, 0.717) is 16.7 Å². The molecule has 0 aliphatic carbocycles. The predicted molar refractivity (Wildman–Crippen MR) is 70.7 cm³/mol. The number of halogens is 1. The molecule has 1 heterocycles. The zero-order valence-corrected chi connectivity index (χ0v) is 11.5. The quantitative estimate of drug-likeness (QED) is 0.874. The van der Waals surface area contributed by atoms with Crippen LogP contribution >= 0.6 is 15.9 Å². The summed E-state index contributed by atoms with van der Waals surface area (Å²) in [5.74, 6) is -0.0783. The normalized spacial score (nSPS) is 10.6. The Morgan fingerprint density at radius 3 is 2.82 bits per heavy atom. The lowest BCUT2D eigenvalue weighted by molar-refractivity contribution is -0.121. The third-order valence-electron chi connectivity index (χ3n) is 2.09. The predicted octanol–water partition coefficient (Wildman–Crippen LogP) is 1.11. The van der Waals surface area contributed by atoms with Crippen LogP contribution in [0.25, 0.3) is 0 Å². The molecular weight excluding hydrogens is 286 g/mol. The van der Waals surface area contributed by atoms with Gasteiger partial charge in [-0.15, -0.1) is 0 Å². The molecule has 0 radical (unpaired) electrons. The van der Waals surface area contributed by atoms with E-state index in [0.717, 1.165) is 0 Å². The van der Waals surface area contributed by atoms with Gasteiger partial charge in [0.15, 0.2) is 0 Å². The van der Waals surface area contributed by atoms with Crippen LogP contribution in [-0.4, -0.2) is 16.5 Å². The lowest BCUT2D eigenvalue weighted by Crippen LogP contribution is -2.32. The number of rotatable bonds is 4. The Morgan fingerprint density at radius 1 is 1.59 bits per heavy atom. The lowest BCUT2D eigenvalue weighted by Gasteiger charge is -2.10. The standard InChI is InChI=1S/C11H16BrN3O2/c1-7(2)14-10(16)3-4-15-6-8(13)5-9(12)11(15)17/h5-7H,3-4,13H2,1-2H3,(H,14,16). The van der Waals surface area contributed by atoms with Crippen LogP contribution in [0.1, 0.15) is 20.3 Å². The zero-order valence-electron chi connectivity index (χ0n) is 9.87. The summed E-state index contributed by atoms with van der Waals surface area (Å²) in [7, 11) is 0. The Labute approximate surface area is 108 Å². The Bertz CT molecular complexity index is 468. The van der Waals surface area contributed by atoms with E-state index in [4.69, 9.17) is 5.73 Å². The second kappa shape index (κ2) is 5.86. The summed E-state index contributed by atoms with van der Waals surface area (Å²) in [6.45, 7) is 4.10. The first-order valence-electron chi connectivity index (χ1n) is 5.35. The van der Waals surface area contributed by atoms with E-state index in [1.165, 1.54) is 10.8 Å². The lowest BCUT2D eigenvalue weighted by atomic mass is 10.3. The second-order valence-corrected chi connectivity index (χ2v) is 4.95. The Balaban J connectivity index is 2.70. The number of nitrogen functional groups attached to an aromatic ring is 1. The summed E-state index contributed by atoms with van der Waals surface area (Å²) < 4.78 is 1.83. The van der Waals surface area contributed by atoms with Crippen molar-refractivity contribution < 1.29 is 4.79 Å². The molecular formula is C11H16BrN3O2. The number of amides is 1. The molecule has 1 rings (SSSR count). The number of pyridine rings is 1. The zero-order chi connectivity index (χ0) is 13.0. The van der Waals surface area contributed by atoms with Gasteiger partial charge in [-0.2, -0.15) is 0 Å². The molecule has 0 aromatic carbocycles. The number of nitrogens with one attached hydrogen (secondary N) is 1. The first kappa shape index (κ1) is 13.8. The molecule has 0 atom stereocenters. The highest BCUT2D eigenvalue weighted by molar-refractivity contribution is 9.10. The van der Waals surface area contributed by atoms with Crippen LogP contribution in [0.4, 0.5) is 5.69 Å². The number of hydrogen-bond acceptors (Lipinski definition) is 3.